The van der Waals surface area contributed by atoms with Crippen molar-refractivity contribution in [3.63, 3.8) is 0 Å². The van der Waals surface area contributed by atoms with Crippen LogP contribution in [0.1, 0.15) is 86.7 Å². The van der Waals surface area contributed by atoms with Gasteiger partial charge in [0.05, 0.1) is 22.2 Å². The summed E-state index contributed by atoms with van der Waals surface area (Å²) >= 11 is 0. The fraction of sp³-hybridized carbons (Fsp3) is 0.175. The number of nitrogens with zero attached hydrogens (tertiary/aromatic N) is 2. The topological polar surface area (TPSA) is 9.86 Å². The maximum Gasteiger partial charge on any atom is 0.0547 e. The summed E-state index contributed by atoms with van der Waals surface area (Å²) in [6.45, 7) is 4.00. The average Bonchev–Trinajstić information content (AvgIpc) is 3.69. The lowest BCUT2D eigenvalue weighted by Crippen LogP contribution is -2.30. The Bertz CT molecular complexity index is 2980. The first kappa shape index (κ1) is 36.7. The van der Waals surface area contributed by atoms with Crippen molar-refractivity contribution in [3.05, 3.63) is 204 Å². The highest BCUT2D eigenvalue weighted by Crippen LogP contribution is 2.46. The van der Waals surface area contributed by atoms with Gasteiger partial charge < -0.3 is 9.13 Å². The highest BCUT2D eigenvalue weighted by atomic mass is 15.0. The minimum atomic E-state index is -0.0148. The van der Waals surface area contributed by atoms with E-state index in [1.54, 1.807) is 0 Å². The van der Waals surface area contributed by atoms with E-state index in [0.717, 1.165) is 25.7 Å². The molecule has 0 unspecified atom stereocenters. The van der Waals surface area contributed by atoms with Crippen LogP contribution in [-0.4, -0.2) is 9.13 Å². The summed E-state index contributed by atoms with van der Waals surface area (Å²) < 4.78 is 4.88. The Morgan fingerprint density at radius 1 is 0.525 bits per heavy atom. The number of rotatable bonds is 6. The molecule has 59 heavy (non-hydrogen) atoms. The van der Waals surface area contributed by atoms with E-state index in [-0.39, 0.29) is 5.41 Å². The van der Waals surface area contributed by atoms with Crippen molar-refractivity contribution >= 4 is 50.4 Å². The Balaban J connectivity index is 0.00000207. The molecule has 0 radical (unpaired) electrons. The molecule has 2 nitrogen and oxygen atoms in total. The minimum absolute atomic E-state index is 0.0148. The summed E-state index contributed by atoms with van der Waals surface area (Å²) in [6, 6.07) is 52.6. The van der Waals surface area contributed by atoms with E-state index in [1.807, 2.05) is 19.9 Å². The fourth-order valence-corrected chi connectivity index (χ4v) is 10.1. The van der Waals surface area contributed by atoms with Crippen molar-refractivity contribution in [2.75, 3.05) is 0 Å². The molecule has 3 aliphatic rings. The summed E-state index contributed by atoms with van der Waals surface area (Å²) in [5.74, 6) is 0. The second-order valence-electron chi connectivity index (χ2n) is 16.0. The van der Waals surface area contributed by atoms with Crippen LogP contribution in [0.3, 0.4) is 0 Å². The molecule has 1 fully saturated rings. The molecule has 8 aromatic rings. The van der Waals surface area contributed by atoms with E-state index in [1.165, 1.54) is 108 Å². The van der Waals surface area contributed by atoms with E-state index in [2.05, 4.69) is 191 Å². The lowest BCUT2D eigenvalue weighted by molar-refractivity contribution is 0.346. The van der Waals surface area contributed by atoms with Gasteiger partial charge in [-0.3, -0.25) is 0 Å². The molecule has 288 valence electrons. The van der Waals surface area contributed by atoms with Gasteiger partial charge in [-0.15, -0.1) is 5.73 Å². The second kappa shape index (κ2) is 15.6. The first-order valence-electron chi connectivity index (χ1n) is 21.7. The van der Waals surface area contributed by atoms with Crippen molar-refractivity contribution in [3.8, 4) is 22.5 Å². The normalized spacial score (nSPS) is 15.5. The van der Waals surface area contributed by atoms with Crippen LogP contribution in [0.4, 0.5) is 0 Å². The van der Waals surface area contributed by atoms with Crippen molar-refractivity contribution in [2.24, 2.45) is 0 Å². The molecule has 0 amide bonds. The van der Waals surface area contributed by atoms with Crippen LogP contribution in [0.25, 0.3) is 72.9 Å². The highest BCUT2D eigenvalue weighted by molar-refractivity contribution is 6.10. The minimum Gasteiger partial charge on any atom is -0.309 e. The molecule has 11 rings (SSSR count). The lowest BCUT2D eigenvalue weighted by Gasteiger charge is -2.39. The van der Waals surface area contributed by atoms with Gasteiger partial charge in [0.15, 0.2) is 0 Å². The maximum absolute atomic E-state index is 3.39. The molecular formula is C57H50N2. The molecule has 0 saturated heterocycles. The van der Waals surface area contributed by atoms with E-state index < -0.39 is 0 Å². The molecular weight excluding hydrogens is 713 g/mol. The van der Waals surface area contributed by atoms with Gasteiger partial charge in [0.2, 0.25) is 0 Å². The van der Waals surface area contributed by atoms with Gasteiger partial charge in [0, 0.05) is 38.5 Å². The Labute approximate surface area is 348 Å². The predicted octanol–water partition coefficient (Wildman–Crippen LogP) is 15.6. The van der Waals surface area contributed by atoms with Gasteiger partial charge in [-0.1, -0.05) is 142 Å². The Morgan fingerprint density at radius 2 is 1.17 bits per heavy atom. The summed E-state index contributed by atoms with van der Waals surface area (Å²) in [4.78, 5) is 0. The zero-order chi connectivity index (χ0) is 39.8. The van der Waals surface area contributed by atoms with Crippen LogP contribution >= 0.6 is 0 Å². The number of fused-ring (bicyclic) bond motifs is 6. The van der Waals surface area contributed by atoms with Gasteiger partial charge in [0.1, 0.15) is 0 Å². The van der Waals surface area contributed by atoms with Gasteiger partial charge in [-0.05, 0) is 132 Å². The first-order valence-corrected chi connectivity index (χ1v) is 21.7. The molecule has 3 aliphatic carbocycles. The molecule has 1 saturated carbocycles. The molecule has 2 heteroatoms. The van der Waals surface area contributed by atoms with Crippen LogP contribution in [0, 0.1) is 0 Å². The number of benzene rings is 6. The van der Waals surface area contributed by atoms with Crippen molar-refractivity contribution < 1.29 is 0 Å². The van der Waals surface area contributed by atoms with E-state index in [9.17, 15) is 0 Å². The van der Waals surface area contributed by atoms with E-state index >= 15 is 0 Å². The molecule has 0 aliphatic heterocycles. The molecule has 0 N–H and O–H groups in total. The molecule has 0 bridgehead atoms. The zero-order valence-electron chi connectivity index (χ0n) is 34.2. The molecule has 2 aromatic heterocycles. The van der Waals surface area contributed by atoms with E-state index in [0.29, 0.717) is 0 Å². The highest BCUT2D eigenvalue weighted by Gasteiger charge is 2.36. The van der Waals surface area contributed by atoms with Crippen LogP contribution in [0.2, 0.25) is 0 Å². The third kappa shape index (κ3) is 6.36. The fourth-order valence-electron chi connectivity index (χ4n) is 10.1. The number of hydrogen-bond donors (Lipinski definition) is 0. The largest absolute Gasteiger partial charge is 0.309 e. The molecule has 0 spiro atoms. The summed E-state index contributed by atoms with van der Waals surface area (Å²) in [5, 5.41) is 3.84. The van der Waals surface area contributed by atoms with Crippen LogP contribution in [0.5, 0.6) is 0 Å². The van der Waals surface area contributed by atoms with Crippen LogP contribution < -0.4 is 0 Å². The van der Waals surface area contributed by atoms with Crippen molar-refractivity contribution in [2.45, 2.75) is 64.2 Å². The van der Waals surface area contributed by atoms with Gasteiger partial charge in [-0.2, -0.15) is 0 Å². The smallest absolute Gasteiger partial charge is 0.0547 e. The Morgan fingerprint density at radius 3 is 1.90 bits per heavy atom. The lowest BCUT2D eigenvalue weighted by atomic mass is 9.65. The molecule has 6 aromatic carbocycles. The first-order chi connectivity index (χ1) is 29.2. The third-order valence-corrected chi connectivity index (χ3v) is 12.9. The zero-order valence-corrected chi connectivity index (χ0v) is 34.2. The monoisotopic (exact) mass is 762 g/mol. The Hall–Kier alpha value is -6.60. The van der Waals surface area contributed by atoms with Gasteiger partial charge >= 0.3 is 0 Å². The van der Waals surface area contributed by atoms with Crippen molar-refractivity contribution in [1.82, 2.24) is 9.13 Å². The number of hydrogen-bond acceptors (Lipinski definition) is 0. The maximum atomic E-state index is 3.39. The van der Waals surface area contributed by atoms with Gasteiger partial charge in [-0.25, -0.2) is 0 Å². The average molecular weight is 763 g/mol. The number of para-hydroxylation sites is 1. The molecule has 0 atom stereocenters. The standard InChI is InChI=1S/C55H44N2.C2H6/c1-5-15-39(16-6-1)41-23-33-53-49(37-41)47-19-9-3-10-21-51(47)56(53)45-29-25-43(26-30-45)55(35-13-4-14-36-55)44-27-31-46(32-28-44)57-52-22-12-11-20-48(52)50-38-42(24-34-54(50)57)40-17-7-2-8-18-40;1-2/h2-3,5,7-8,10-12,15-34,37-38H,1,4,6,13-14,35-36H2;1-2H3. The van der Waals surface area contributed by atoms with Crippen LogP contribution in [-0.2, 0) is 5.41 Å². The SMILES string of the molecule is C1=CC=Cc2c(c3cc(C4=CCCC=C4)ccc3n2-c2ccc(C3(c4ccc(-n5c6ccccc6c6cc(-c7ccccc7)ccc65)cc4)CCCCC3)cc2)C=1.CC. The second-order valence-corrected chi connectivity index (χ2v) is 16.0. The summed E-state index contributed by atoms with van der Waals surface area (Å²) in [6.07, 6.45) is 23.8. The Kier molecular flexibility index (Phi) is 9.73. The van der Waals surface area contributed by atoms with E-state index in [4.69, 9.17) is 0 Å². The summed E-state index contributed by atoms with van der Waals surface area (Å²) in [7, 11) is 0. The van der Waals surface area contributed by atoms with Crippen LogP contribution in [0.15, 0.2) is 176 Å². The quantitative estimate of drug-likeness (QED) is 0.149. The third-order valence-electron chi connectivity index (χ3n) is 12.9. The van der Waals surface area contributed by atoms with Crippen molar-refractivity contribution in [1.29, 1.82) is 0 Å². The number of allylic oxidation sites excluding steroid dienone is 6. The predicted molar refractivity (Wildman–Crippen MR) is 253 cm³/mol. The molecule has 2 heterocycles. The number of aromatic nitrogens is 2. The van der Waals surface area contributed by atoms with Gasteiger partial charge in [0.25, 0.3) is 0 Å². The summed E-state index contributed by atoms with van der Waals surface area (Å²) in [5.41, 5.74) is 19.8.